The van der Waals surface area contributed by atoms with Crippen LogP contribution in [0.2, 0.25) is 0 Å². The highest BCUT2D eigenvalue weighted by molar-refractivity contribution is 5.81. The van der Waals surface area contributed by atoms with Crippen molar-refractivity contribution in [3.63, 3.8) is 0 Å². The molecule has 0 fully saturated rings. The molecule has 20 heteroatoms. The van der Waals surface area contributed by atoms with Crippen LogP contribution in [0, 0.1) is 48.5 Å². The number of hydrogen-bond acceptors (Lipinski definition) is 20. The summed E-state index contributed by atoms with van der Waals surface area (Å²) in [5.41, 5.74) is 16.3. The van der Waals surface area contributed by atoms with Crippen LogP contribution in [0.4, 0.5) is 0 Å². The molecule has 0 aliphatic heterocycles. The number of oxazole rings is 4. The first-order valence-corrected chi connectivity index (χ1v) is 41.1. The summed E-state index contributed by atoms with van der Waals surface area (Å²) < 4.78 is 45.2. The van der Waals surface area contributed by atoms with Gasteiger partial charge in [-0.2, -0.15) is 0 Å². The fourth-order valence-electron chi connectivity index (χ4n) is 11.2. The third kappa shape index (κ3) is 36.3. The summed E-state index contributed by atoms with van der Waals surface area (Å²) in [6, 6.07) is 48.0. The quantitative estimate of drug-likeness (QED) is 0.0350. The lowest BCUT2D eigenvalue weighted by molar-refractivity contribution is -0.124. The smallest absolute Gasteiger partial charge is 0.226 e. The minimum Gasteiger partial charge on any atom is -0.441 e. The Labute approximate surface area is 693 Å². The highest BCUT2D eigenvalue weighted by Gasteiger charge is 2.18. The number of Topliss-reactive ketones (excluding diaryl/α,β-unsaturated/α-hetero) is 4. The van der Waals surface area contributed by atoms with Crippen molar-refractivity contribution in [2.75, 3.05) is 26.4 Å². The van der Waals surface area contributed by atoms with Crippen molar-refractivity contribution in [3.8, 4) is 45.8 Å². The van der Waals surface area contributed by atoms with Crippen LogP contribution < -0.4 is 0 Å². The number of aryl methyl sites for hydroxylation is 12. The molecule has 622 valence electrons. The van der Waals surface area contributed by atoms with Crippen LogP contribution >= 0.6 is 0 Å². The molecule has 4 aromatic carbocycles. The van der Waals surface area contributed by atoms with E-state index >= 15 is 0 Å². The number of ether oxygens (including phenoxy) is 4. The summed E-state index contributed by atoms with van der Waals surface area (Å²) in [4.78, 5) is 82.0. The number of ketones is 4. The Morgan fingerprint density at radius 3 is 0.667 bits per heavy atom. The monoisotopic (exact) mass is 1590 g/mol. The predicted octanol–water partition coefficient (Wildman–Crippen LogP) is 22.2. The van der Waals surface area contributed by atoms with Gasteiger partial charge in [-0.1, -0.05) is 128 Å². The Kier molecular flexibility index (Phi) is 46.3. The molecule has 20 nitrogen and oxygen atoms in total. The summed E-state index contributed by atoms with van der Waals surface area (Å²) in [5, 5.41) is 0. The highest BCUT2D eigenvalue weighted by Crippen LogP contribution is 2.27. The Bertz CT molecular complexity index is 4340. The molecule has 12 aromatic rings. The second-order valence-corrected chi connectivity index (χ2v) is 26.7. The minimum absolute atomic E-state index is 0.0997. The molecule has 0 radical (unpaired) electrons. The first kappa shape index (κ1) is 96.4. The third-order valence-electron chi connectivity index (χ3n) is 17.8. The van der Waals surface area contributed by atoms with Crippen molar-refractivity contribution in [2.24, 2.45) is 0 Å². The molecule has 0 aliphatic carbocycles. The Balaban J connectivity index is 0.000000270. The average molecular weight is 1590 g/mol. The molecule has 12 rings (SSSR count). The molecule has 8 aromatic heterocycles. The molecule has 0 aliphatic rings. The van der Waals surface area contributed by atoms with Gasteiger partial charge in [0.25, 0.3) is 0 Å². The number of benzene rings is 4. The number of aromatic nitrogens is 8. The Morgan fingerprint density at radius 1 is 0.274 bits per heavy atom. The summed E-state index contributed by atoms with van der Waals surface area (Å²) in [6.45, 7) is 33.2. The number of pyridine rings is 4. The van der Waals surface area contributed by atoms with E-state index in [1.165, 1.54) is 44.5 Å². The van der Waals surface area contributed by atoms with Gasteiger partial charge in [-0.05, 0) is 231 Å². The summed E-state index contributed by atoms with van der Waals surface area (Å²) >= 11 is 0. The molecule has 0 saturated heterocycles. The van der Waals surface area contributed by atoms with E-state index in [9.17, 15) is 19.2 Å². The zero-order valence-electron chi connectivity index (χ0n) is 71.8. The SMILES string of the molecule is CC.CC.CC.CC.CCc1ccc(-c2nc(COCC(=O)CCCc3ccncc3)c(C)o2)cc1.Cc1ccc(-c2nc(COCC(=O)CCCc3ccncc3)c(C)o2)cc1.Cc1ccc(-c2nc(COCC(=O)CCCc3ccncc3)c(C)o2)cc1.Cc1ccc(-c2nc(COCC(=O)CCCc3ccncc3)c(C)o2)cc1. The standard InChI is InChI=1S/C23H26N2O3.3C22H24N2O3.4C2H6/c1-3-18-7-9-20(10-8-18)23-25-22(17(2)28-23)16-27-15-21(26)6-4-5-19-11-13-24-14-12-19;3*1-16-6-8-19(9-7-16)22-24-21(17(2)27-22)15-26-14-20(25)5-3-4-18-10-12-23-13-11-18;4*1-2/h7-14H,3-6,15-16H2,1-2H3;3*6-13H,3-5,14-15H2,1-2H3;4*1-2H3. The van der Waals surface area contributed by atoms with Gasteiger partial charge in [-0.25, -0.2) is 19.9 Å². The van der Waals surface area contributed by atoms with Crippen LogP contribution in [-0.2, 0) is 96.7 Å². The van der Waals surface area contributed by atoms with E-state index in [0.29, 0.717) is 49.2 Å². The lowest BCUT2D eigenvalue weighted by Gasteiger charge is -2.03. The maximum absolute atomic E-state index is 12.0. The van der Waals surface area contributed by atoms with Crippen LogP contribution in [0.3, 0.4) is 0 Å². The van der Waals surface area contributed by atoms with Gasteiger partial charge in [0.1, 0.15) is 72.2 Å². The maximum Gasteiger partial charge on any atom is 0.226 e. The molecule has 0 amide bonds. The van der Waals surface area contributed by atoms with Crippen LogP contribution in [0.1, 0.15) is 204 Å². The molecule has 0 atom stereocenters. The zero-order chi connectivity index (χ0) is 85.0. The van der Waals surface area contributed by atoms with Gasteiger partial charge in [0.2, 0.25) is 23.6 Å². The second kappa shape index (κ2) is 56.2. The van der Waals surface area contributed by atoms with Crippen molar-refractivity contribution < 1.29 is 55.8 Å². The van der Waals surface area contributed by atoms with Crippen LogP contribution in [0.25, 0.3) is 45.8 Å². The van der Waals surface area contributed by atoms with Crippen LogP contribution in [0.15, 0.2) is 213 Å². The van der Waals surface area contributed by atoms with E-state index < -0.39 is 0 Å². The van der Waals surface area contributed by atoms with Crippen molar-refractivity contribution in [1.29, 1.82) is 0 Å². The fourth-order valence-corrected chi connectivity index (χ4v) is 11.2. The van der Waals surface area contributed by atoms with E-state index in [-0.39, 0.29) is 76.0 Å². The zero-order valence-corrected chi connectivity index (χ0v) is 71.8. The van der Waals surface area contributed by atoms with Gasteiger partial charge in [0.15, 0.2) is 23.1 Å². The summed E-state index contributed by atoms with van der Waals surface area (Å²) in [6.07, 6.45) is 23.9. The van der Waals surface area contributed by atoms with Gasteiger partial charge in [0.05, 0.1) is 26.4 Å². The lowest BCUT2D eigenvalue weighted by atomic mass is 10.1. The minimum atomic E-state index is 0.0997. The topological polar surface area (TPSA) is 261 Å². The Hall–Kier alpha value is -11.2. The summed E-state index contributed by atoms with van der Waals surface area (Å²) in [5.74, 6) is 5.60. The number of carbonyl (C=O) groups is 4. The van der Waals surface area contributed by atoms with Crippen molar-refractivity contribution >= 4 is 23.1 Å². The largest absolute Gasteiger partial charge is 0.441 e. The highest BCUT2D eigenvalue weighted by atomic mass is 16.5. The molecule has 0 saturated carbocycles. The van der Waals surface area contributed by atoms with Gasteiger partial charge in [-0.3, -0.25) is 39.1 Å². The molecule has 0 bridgehead atoms. The van der Waals surface area contributed by atoms with Gasteiger partial charge in [0, 0.05) is 97.5 Å². The summed E-state index contributed by atoms with van der Waals surface area (Å²) in [7, 11) is 0. The first-order chi connectivity index (χ1) is 57.0. The molecule has 8 heterocycles. The van der Waals surface area contributed by atoms with E-state index in [1.54, 1.807) is 49.6 Å². The Morgan fingerprint density at radius 2 is 0.470 bits per heavy atom. The fraction of sp³-hybridized carbons (Fsp3) is 0.381. The molecule has 0 N–H and O–H groups in total. The van der Waals surface area contributed by atoms with Crippen LogP contribution in [-0.4, -0.2) is 89.4 Å². The maximum atomic E-state index is 12.0. The number of rotatable bonds is 37. The van der Waals surface area contributed by atoms with Gasteiger partial charge >= 0.3 is 0 Å². The van der Waals surface area contributed by atoms with Crippen molar-refractivity contribution in [3.05, 3.63) is 285 Å². The molecular weight excluding hydrogens is 1470 g/mol. The van der Waals surface area contributed by atoms with Crippen molar-refractivity contribution in [1.82, 2.24) is 39.9 Å². The molecule has 0 spiro atoms. The van der Waals surface area contributed by atoms with E-state index in [2.05, 4.69) is 58.9 Å². The van der Waals surface area contributed by atoms with E-state index in [0.717, 1.165) is 126 Å². The van der Waals surface area contributed by atoms with Crippen molar-refractivity contribution in [2.45, 2.75) is 221 Å². The molecule has 117 heavy (non-hydrogen) atoms. The lowest BCUT2D eigenvalue weighted by Crippen LogP contribution is -2.09. The predicted molar refractivity (Wildman–Crippen MR) is 463 cm³/mol. The van der Waals surface area contributed by atoms with Crippen LogP contribution in [0.5, 0.6) is 0 Å². The number of nitrogens with zero attached hydrogens (tertiary/aromatic N) is 8. The van der Waals surface area contributed by atoms with Gasteiger partial charge < -0.3 is 36.6 Å². The van der Waals surface area contributed by atoms with Gasteiger partial charge in [-0.15, -0.1) is 0 Å². The molecule has 0 unspecified atom stereocenters. The normalized spacial score (nSPS) is 10.4. The second-order valence-electron chi connectivity index (χ2n) is 26.7. The van der Waals surface area contributed by atoms with E-state index in [4.69, 9.17) is 36.6 Å². The number of hydrogen-bond donors (Lipinski definition) is 0. The third-order valence-corrected chi connectivity index (χ3v) is 17.8. The van der Waals surface area contributed by atoms with E-state index in [1.807, 2.05) is 237 Å². The average Bonchev–Trinajstić information content (AvgIpc) is 1.72. The molecular formula is C97H122N8O12. The first-order valence-electron chi connectivity index (χ1n) is 41.1. The number of carbonyl (C=O) groups excluding carboxylic acids is 4.